The number of carboxylic acids is 4. The Hall–Kier alpha value is -2.12. The predicted octanol–water partition coefficient (Wildman–Crippen LogP) is 0.364. The number of hydrogen-bond donors (Lipinski definition) is 4. The average Bonchev–Trinajstić information content (AvgIpc) is 2.84. The van der Waals surface area contributed by atoms with E-state index in [1.54, 1.807) is 0 Å². The van der Waals surface area contributed by atoms with Gasteiger partial charge in [-0.3, -0.25) is 19.2 Å². The van der Waals surface area contributed by atoms with Crippen molar-refractivity contribution in [2.45, 2.75) is 25.7 Å². The quantitative estimate of drug-likeness (QED) is 0.514. The van der Waals surface area contributed by atoms with Crippen molar-refractivity contribution in [1.29, 1.82) is 0 Å². The van der Waals surface area contributed by atoms with Crippen LogP contribution in [0.3, 0.4) is 0 Å². The monoisotopic (exact) mass is 300 g/mol. The summed E-state index contributed by atoms with van der Waals surface area (Å²) in [4.78, 5) is 45.2. The molecule has 8 heteroatoms. The van der Waals surface area contributed by atoms with Crippen molar-refractivity contribution >= 4 is 23.9 Å². The molecule has 0 saturated heterocycles. The zero-order valence-corrected chi connectivity index (χ0v) is 11.1. The highest BCUT2D eigenvalue weighted by Gasteiger charge is 2.64. The van der Waals surface area contributed by atoms with Gasteiger partial charge in [-0.05, 0) is 42.9 Å². The molecule has 0 aliphatic heterocycles. The molecular formula is C13H16O8. The largest absolute Gasteiger partial charge is 0.481 e. The molecule has 0 heterocycles. The standard InChI is InChI=1S/C13H16O8/c14-9(15)7(10(16)17)6-3-5-1-2-13(6,4-5)8(11(18)19)12(20)21/h5-8H,1-4H2,(H,14,15)(H,16,17)(H,18,19)(H,20,21). The second-order valence-corrected chi connectivity index (χ2v) is 5.95. The number of rotatable bonds is 6. The smallest absolute Gasteiger partial charge is 0.318 e. The predicted molar refractivity (Wildman–Crippen MR) is 65.4 cm³/mol. The van der Waals surface area contributed by atoms with Crippen molar-refractivity contribution in [3.63, 3.8) is 0 Å². The Morgan fingerprint density at radius 3 is 1.81 bits per heavy atom. The highest BCUT2D eigenvalue weighted by atomic mass is 16.4. The molecule has 0 radical (unpaired) electrons. The Morgan fingerprint density at radius 1 is 0.905 bits per heavy atom. The summed E-state index contributed by atoms with van der Waals surface area (Å²) in [5, 5.41) is 36.7. The average molecular weight is 300 g/mol. The molecule has 2 rings (SSSR count). The van der Waals surface area contributed by atoms with E-state index in [1.165, 1.54) is 0 Å². The lowest BCUT2D eigenvalue weighted by molar-refractivity contribution is -0.172. The van der Waals surface area contributed by atoms with Crippen LogP contribution >= 0.6 is 0 Å². The summed E-state index contributed by atoms with van der Waals surface area (Å²) in [6, 6.07) is 0. The highest BCUT2D eigenvalue weighted by molar-refractivity contribution is 5.96. The van der Waals surface area contributed by atoms with E-state index in [1.807, 2.05) is 0 Å². The van der Waals surface area contributed by atoms with Gasteiger partial charge in [0.05, 0.1) is 0 Å². The van der Waals surface area contributed by atoms with Crippen molar-refractivity contribution in [2.24, 2.45) is 29.1 Å². The lowest BCUT2D eigenvalue weighted by Crippen LogP contribution is -2.48. The van der Waals surface area contributed by atoms with Gasteiger partial charge in [0, 0.05) is 0 Å². The van der Waals surface area contributed by atoms with Crippen LogP contribution in [0.2, 0.25) is 0 Å². The number of aliphatic carboxylic acids is 4. The Balaban J connectivity index is 2.47. The van der Waals surface area contributed by atoms with Crippen LogP contribution in [0.5, 0.6) is 0 Å². The summed E-state index contributed by atoms with van der Waals surface area (Å²) >= 11 is 0. The Kier molecular flexibility index (Phi) is 3.65. The summed E-state index contributed by atoms with van der Waals surface area (Å²) in [6.07, 6.45) is 1.36. The zero-order valence-electron chi connectivity index (χ0n) is 11.1. The molecule has 3 atom stereocenters. The summed E-state index contributed by atoms with van der Waals surface area (Å²) in [5.74, 6) is -10.7. The van der Waals surface area contributed by atoms with Crippen LogP contribution in [-0.2, 0) is 19.2 Å². The van der Waals surface area contributed by atoms with Gasteiger partial charge >= 0.3 is 23.9 Å². The van der Waals surface area contributed by atoms with Gasteiger partial charge in [0.25, 0.3) is 0 Å². The molecule has 2 fully saturated rings. The topological polar surface area (TPSA) is 149 Å². The van der Waals surface area contributed by atoms with Crippen molar-refractivity contribution < 1.29 is 39.6 Å². The van der Waals surface area contributed by atoms with Gasteiger partial charge in [0.1, 0.15) is 0 Å². The Labute approximate surface area is 119 Å². The lowest BCUT2D eigenvalue weighted by atomic mass is 9.62. The summed E-state index contributed by atoms with van der Waals surface area (Å²) in [5.41, 5.74) is -1.29. The second kappa shape index (κ2) is 5.01. The van der Waals surface area contributed by atoms with Gasteiger partial charge in [0.2, 0.25) is 0 Å². The van der Waals surface area contributed by atoms with Crippen LogP contribution in [0.1, 0.15) is 25.7 Å². The fraction of sp³-hybridized carbons (Fsp3) is 0.692. The molecule has 116 valence electrons. The van der Waals surface area contributed by atoms with E-state index in [9.17, 15) is 29.4 Å². The van der Waals surface area contributed by atoms with Gasteiger partial charge in [-0.25, -0.2) is 0 Å². The summed E-state index contributed by atoms with van der Waals surface area (Å²) < 4.78 is 0. The first-order chi connectivity index (χ1) is 9.70. The first-order valence-electron chi connectivity index (χ1n) is 6.62. The minimum Gasteiger partial charge on any atom is -0.481 e. The van der Waals surface area contributed by atoms with E-state index < -0.39 is 47.0 Å². The van der Waals surface area contributed by atoms with Crippen LogP contribution in [0.25, 0.3) is 0 Å². The van der Waals surface area contributed by atoms with E-state index in [0.29, 0.717) is 6.42 Å². The van der Waals surface area contributed by atoms with E-state index in [4.69, 9.17) is 10.2 Å². The van der Waals surface area contributed by atoms with E-state index >= 15 is 0 Å². The first-order valence-corrected chi connectivity index (χ1v) is 6.62. The molecule has 0 spiro atoms. The minimum atomic E-state index is -1.77. The van der Waals surface area contributed by atoms with Crippen LogP contribution in [0.15, 0.2) is 0 Å². The molecule has 0 aromatic heterocycles. The highest BCUT2D eigenvalue weighted by Crippen LogP contribution is 2.63. The van der Waals surface area contributed by atoms with E-state index in [2.05, 4.69) is 0 Å². The van der Waals surface area contributed by atoms with Crippen molar-refractivity contribution in [3.8, 4) is 0 Å². The molecule has 2 aliphatic rings. The first kappa shape index (κ1) is 15.3. The molecule has 2 bridgehead atoms. The van der Waals surface area contributed by atoms with Crippen LogP contribution in [0.4, 0.5) is 0 Å². The molecule has 0 aromatic rings. The lowest BCUT2D eigenvalue weighted by Gasteiger charge is -2.39. The number of carboxylic acid groups (broad SMARTS) is 4. The fourth-order valence-electron chi connectivity index (χ4n) is 4.34. The van der Waals surface area contributed by atoms with E-state index in [-0.39, 0.29) is 25.2 Å². The zero-order chi connectivity index (χ0) is 15.9. The fourth-order valence-corrected chi connectivity index (χ4v) is 4.34. The van der Waals surface area contributed by atoms with Crippen molar-refractivity contribution in [2.75, 3.05) is 0 Å². The number of fused-ring (bicyclic) bond motifs is 2. The third kappa shape index (κ3) is 2.24. The SMILES string of the molecule is O=C(O)C(C(=O)O)C1CC2CCC1(C(C(=O)O)C(=O)O)C2. The number of carbonyl (C=O) groups is 4. The molecule has 8 nitrogen and oxygen atoms in total. The minimum absolute atomic E-state index is 0.00241. The van der Waals surface area contributed by atoms with Crippen molar-refractivity contribution in [1.82, 2.24) is 0 Å². The Morgan fingerprint density at radius 2 is 1.43 bits per heavy atom. The van der Waals surface area contributed by atoms with E-state index in [0.717, 1.165) is 0 Å². The van der Waals surface area contributed by atoms with Gasteiger partial charge < -0.3 is 20.4 Å². The molecule has 0 amide bonds. The molecule has 2 aliphatic carbocycles. The maximum Gasteiger partial charge on any atom is 0.318 e. The summed E-state index contributed by atoms with van der Waals surface area (Å²) in [7, 11) is 0. The van der Waals surface area contributed by atoms with Crippen LogP contribution < -0.4 is 0 Å². The van der Waals surface area contributed by atoms with Gasteiger partial charge in [-0.1, -0.05) is 0 Å². The molecule has 3 unspecified atom stereocenters. The third-order valence-electron chi connectivity index (χ3n) is 5.02. The molecule has 2 saturated carbocycles. The maximum atomic E-state index is 11.3. The summed E-state index contributed by atoms with van der Waals surface area (Å²) in [6.45, 7) is 0. The van der Waals surface area contributed by atoms with Gasteiger partial charge in [-0.15, -0.1) is 0 Å². The Bertz CT molecular complexity index is 484. The maximum absolute atomic E-state index is 11.3. The molecule has 0 aromatic carbocycles. The number of hydrogen-bond acceptors (Lipinski definition) is 4. The van der Waals surface area contributed by atoms with Gasteiger partial charge in [-0.2, -0.15) is 0 Å². The third-order valence-corrected chi connectivity index (χ3v) is 5.02. The van der Waals surface area contributed by atoms with Crippen LogP contribution in [-0.4, -0.2) is 44.3 Å². The van der Waals surface area contributed by atoms with Gasteiger partial charge in [0.15, 0.2) is 11.8 Å². The molecular weight excluding hydrogens is 284 g/mol. The second-order valence-electron chi connectivity index (χ2n) is 5.95. The molecule has 21 heavy (non-hydrogen) atoms. The normalized spacial score (nSPS) is 30.8. The molecule has 4 N–H and O–H groups in total. The van der Waals surface area contributed by atoms with Crippen LogP contribution in [0, 0.1) is 29.1 Å². The van der Waals surface area contributed by atoms with Crippen molar-refractivity contribution in [3.05, 3.63) is 0 Å².